The van der Waals surface area contributed by atoms with Crippen molar-refractivity contribution in [3.05, 3.63) is 23.3 Å². The molecular weight excluding hydrogens is 320 g/mol. The van der Waals surface area contributed by atoms with Gasteiger partial charge in [0.25, 0.3) is 0 Å². The third-order valence-electron chi connectivity index (χ3n) is 4.52. The Balaban J connectivity index is 1.99. The van der Waals surface area contributed by atoms with Crippen LogP contribution in [0.15, 0.2) is 6.07 Å². The van der Waals surface area contributed by atoms with Crippen LogP contribution in [0.4, 0.5) is 0 Å². The SMILES string of the molecule is Cc1cc(CCC(=O)NCC(=O)O)nc([C@H]2CCCN(C(C)C)C2)n1. The minimum absolute atomic E-state index is 0.228. The van der Waals surface area contributed by atoms with E-state index in [0.717, 1.165) is 43.1 Å². The zero-order chi connectivity index (χ0) is 18.4. The van der Waals surface area contributed by atoms with Crippen LogP contribution in [0.3, 0.4) is 0 Å². The minimum atomic E-state index is -1.04. The van der Waals surface area contributed by atoms with Crippen LogP contribution in [0.25, 0.3) is 0 Å². The number of hydrogen-bond donors (Lipinski definition) is 2. The highest BCUT2D eigenvalue weighted by molar-refractivity contribution is 5.81. The third kappa shape index (κ3) is 6.08. The predicted molar refractivity (Wildman–Crippen MR) is 94.4 cm³/mol. The van der Waals surface area contributed by atoms with Gasteiger partial charge in [-0.3, -0.25) is 9.59 Å². The molecule has 1 aliphatic heterocycles. The molecule has 1 amide bonds. The number of aromatic nitrogens is 2. The molecule has 0 saturated carbocycles. The fraction of sp³-hybridized carbons (Fsp3) is 0.667. The molecule has 0 radical (unpaired) electrons. The number of carboxylic acid groups (broad SMARTS) is 1. The molecule has 1 aromatic rings. The van der Waals surface area contributed by atoms with E-state index in [1.807, 2.05) is 13.0 Å². The summed E-state index contributed by atoms with van der Waals surface area (Å²) in [4.78, 5) is 33.9. The van der Waals surface area contributed by atoms with Crippen molar-refractivity contribution >= 4 is 11.9 Å². The molecule has 1 saturated heterocycles. The average Bonchev–Trinajstić information content (AvgIpc) is 2.57. The van der Waals surface area contributed by atoms with Crippen LogP contribution >= 0.6 is 0 Å². The second-order valence-electron chi connectivity index (χ2n) is 6.96. The number of amides is 1. The summed E-state index contributed by atoms with van der Waals surface area (Å²) >= 11 is 0. The molecular formula is C18H28N4O3. The van der Waals surface area contributed by atoms with Crippen LogP contribution in [-0.2, 0) is 16.0 Å². The molecule has 1 aromatic heterocycles. The molecule has 0 spiro atoms. The maximum atomic E-state index is 11.7. The number of carboxylic acids is 1. The topological polar surface area (TPSA) is 95.4 Å². The van der Waals surface area contributed by atoms with E-state index in [1.54, 1.807) is 0 Å². The Morgan fingerprint density at radius 2 is 2.16 bits per heavy atom. The number of piperidine rings is 1. The van der Waals surface area contributed by atoms with Gasteiger partial charge in [-0.1, -0.05) is 0 Å². The highest BCUT2D eigenvalue weighted by Gasteiger charge is 2.25. The van der Waals surface area contributed by atoms with Crippen LogP contribution < -0.4 is 5.32 Å². The van der Waals surface area contributed by atoms with Crippen molar-refractivity contribution in [2.45, 2.75) is 58.4 Å². The fourth-order valence-corrected chi connectivity index (χ4v) is 3.16. The molecule has 0 bridgehead atoms. The van der Waals surface area contributed by atoms with Crippen molar-refractivity contribution in [3.8, 4) is 0 Å². The van der Waals surface area contributed by atoms with Crippen molar-refractivity contribution in [1.29, 1.82) is 0 Å². The van der Waals surface area contributed by atoms with E-state index in [4.69, 9.17) is 5.11 Å². The molecule has 2 N–H and O–H groups in total. The van der Waals surface area contributed by atoms with Crippen molar-refractivity contribution in [3.63, 3.8) is 0 Å². The number of aryl methyl sites for hydroxylation is 2. The van der Waals surface area contributed by atoms with E-state index in [2.05, 4.69) is 34.0 Å². The lowest BCUT2D eigenvalue weighted by Crippen LogP contribution is -2.39. The lowest BCUT2D eigenvalue weighted by atomic mass is 9.96. The van der Waals surface area contributed by atoms with E-state index >= 15 is 0 Å². The molecule has 138 valence electrons. The minimum Gasteiger partial charge on any atom is -0.480 e. The number of likely N-dealkylation sites (tertiary alicyclic amines) is 1. The molecule has 1 fully saturated rings. The van der Waals surface area contributed by atoms with E-state index in [1.165, 1.54) is 0 Å². The second kappa shape index (κ2) is 8.89. The first-order valence-electron chi connectivity index (χ1n) is 8.92. The van der Waals surface area contributed by atoms with Crippen molar-refractivity contribution in [1.82, 2.24) is 20.2 Å². The van der Waals surface area contributed by atoms with E-state index < -0.39 is 5.97 Å². The first-order valence-corrected chi connectivity index (χ1v) is 8.92. The number of rotatable bonds is 7. The van der Waals surface area contributed by atoms with Crippen LogP contribution in [0, 0.1) is 6.92 Å². The van der Waals surface area contributed by atoms with Crippen LogP contribution in [0.1, 0.15) is 56.2 Å². The molecule has 1 atom stereocenters. The molecule has 7 heteroatoms. The van der Waals surface area contributed by atoms with Gasteiger partial charge in [0.15, 0.2) is 0 Å². The van der Waals surface area contributed by atoms with E-state index in [0.29, 0.717) is 18.4 Å². The summed E-state index contributed by atoms with van der Waals surface area (Å²) in [6.45, 7) is 8.11. The Bertz CT molecular complexity index is 618. The van der Waals surface area contributed by atoms with Gasteiger partial charge in [0.1, 0.15) is 12.4 Å². The van der Waals surface area contributed by atoms with E-state index in [9.17, 15) is 9.59 Å². The van der Waals surface area contributed by atoms with Crippen molar-refractivity contribution < 1.29 is 14.7 Å². The normalized spacial score (nSPS) is 18.3. The zero-order valence-corrected chi connectivity index (χ0v) is 15.3. The van der Waals surface area contributed by atoms with Crippen molar-refractivity contribution in [2.75, 3.05) is 19.6 Å². The average molecular weight is 348 g/mol. The lowest BCUT2D eigenvalue weighted by Gasteiger charge is -2.34. The zero-order valence-electron chi connectivity index (χ0n) is 15.3. The first-order chi connectivity index (χ1) is 11.8. The maximum Gasteiger partial charge on any atom is 0.322 e. The molecule has 25 heavy (non-hydrogen) atoms. The Labute approximate surface area is 148 Å². The largest absolute Gasteiger partial charge is 0.480 e. The van der Waals surface area contributed by atoms with Gasteiger partial charge in [-0.2, -0.15) is 0 Å². The monoisotopic (exact) mass is 348 g/mol. The molecule has 7 nitrogen and oxygen atoms in total. The predicted octanol–water partition coefficient (Wildman–Crippen LogP) is 1.51. The Morgan fingerprint density at radius 1 is 1.40 bits per heavy atom. The van der Waals surface area contributed by atoms with Gasteiger partial charge in [-0.25, -0.2) is 9.97 Å². The van der Waals surface area contributed by atoms with Crippen LogP contribution in [0.5, 0.6) is 0 Å². The van der Waals surface area contributed by atoms with Crippen LogP contribution in [-0.4, -0.2) is 57.5 Å². The number of carbonyl (C=O) groups excluding carboxylic acids is 1. The summed E-state index contributed by atoms with van der Waals surface area (Å²) in [6, 6.07) is 2.42. The Hall–Kier alpha value is -2.02. The first kappa shape index (κ1) is 19.3. The number of hydrogen-bond acceptors (Lipinski definition) is 5. The molecule has 0 aliphatic carbocycles. The van der Waals surface area contributed by atoms with Crippen molar-refractivity contribution in [2.24, 2.45) is 0 Å². The summed E-state index contributed by atoms with van der Waals surface area (Å²) < 4.78 is 0. The van der Waals surface area contributed by atoms with Gasteiger partial charge in [0, 0.05) is 36.3 Å². The number of nitrogens with one attached hydrogen (secondary N) is 1. The summed E-state index contributed by atoms with van der Waals surface area (Å²) in [5, 5.41) is 11.0. The molecule has 0 aromatic carbocycles. The summed E-state index contributed by atoms with van der Waals surface area (Å²) in [5.74, 6) is -0.119. The smallest absolute Gasteiger partial charge is 0.322 e. The molecule has 0 unspecified atom stereocenters. The van der Waals surface area contributed by atoms with Gasteiger partial charge in [-0.15, -0.1) is 0 Å². The second-order valence-corrected chi connectivity index (χ2v) is 6.96. The standard InChI is InChI=1S/C18H28N4O3/c1-12(2)22-8-4-5-14(11-22)18-20-13(3)9-15(21-18)6-7-16(23)19-10-17(24)25/h9,12,14H,4-8,10-11H2,1-3H3,(H,19,23)(H,24,25)/t14-/m0/s1. The quantitative estimate of drug-likeness (QED) is 0.775. The Morgan fingerprint density at radius 3 is 2.84 bits per heavy atom. The Kier molecular flexibility index (Phi) is 6.87. The number of carbonyl (C=O) groups is 2. The summed E-state index contributed by atoms with van der Waals surface area (Å²) in [6.07, 6.45) is 2.95. The number of aliphatic carboxylic acids is 1. The molecule has 1 aliphatic rings. The molecule has 2 heterocycles. The van der Waals surface area contributed by atoms with Gasteiger partial charge < -0.3 is 15.3 Å². The van der Waals surface area contributed by atoms with Gasteiger partial charge in [0.2, 0.25) is 5.91 Å². The van der Waals surface area contributed by atoms with Crippen LogP contribution in [0.2, 0.25) is 0 Å². The molecule has 2 rings (SSSR count). The highest BCUT2D eigenvalue weighted by Crippen LogP contribution is 2.26. The van der Waals surface area contributed by atoms with Gasteiger partial charge >= 0.3 is 5.97 Å². The fourth-order valence-electron chi connectivity index (χ4n) is 3.16. The van der Waals surface area contributed by atoms with E-state index in [-0.39, 0.29) is 18.9 Å². The third-order valence-corrected chi connectivity index (χ3v) is 4.52. The maximum absolute atomic E-state index is 11.7. The summed E-state index contributed by atoms with van der Waals surface area (Å²) in [7, 11) is 0. The number of nitrogens with zero attached hydrogens (tertiary/aromatic N) is 3. The highest BCUT2D eigenvalue weighted by atomic mass is 16.4. The summed E-state index contributed by atoms with van der Waals surface area (Å²) in [5.41, 5.74) is 1.75. The lowest BCUT2D eigenvalue weighted by molar-refractivity contribution is -0.137. The van der Waals surface area contributed by atoms with Gasteiger partial charge in [-0.05, 0) is 52.6 Å². The van der Waals surface area contributed by atoms with Gasteiger partial charge in [0.05, 0.1) is 0 Å².